The van der Waals surface area contributed by atoms with Crippen molar-refractivity contribution in [3.05, 3.63) is 0 Å². The molecule has 3 nitrogen and oxygen atoms in total. The normalized spacial score (nSPS) is 31.3. The third kappa shape index (κ3) is 1.84. The van der Waals surface area contributed by atoms with Crippen molar-refractivity contribution < 1.29 is 5.11 Å². The Hall–Kier alpha value is -0.280. The lowest BCUT2D eigenvalue weighted by Gasteiger charge is -2.19. The second kappa shape index (κ2) is 3.03. The summed E-state index contributed by atoms with van der Waals surface area (Å²) in [6.07, 6.45) is 1.64. The molecule has 0 fully saturated rings. The number of aliphatic hydroxyl groups excluding tert-OH is 1. The van der Waals surface area contributed by atoms with Gasteiger partial charge in [-0.25, -0.2) is 0 Å². The van der Waals surface area contributed by atoms with E-state index in [-0.39, 0.29) is 24.6 Å². The first-order valence-electron chi connectivity index (χ1n) is 2.64. The van der Waals surface area contributed by atoms with Gasteiger partial charge >= 0.3 is 0 Å². The largest absolute Gasteiger partial charge is 0.394 e. The van der Waals surface area contributed by atoms with Crippen LogP contribution < -0.4 is 5.32 Å². The van der Waals surface area contributed by atoms with Crippen LogP contribution in [0.3, 0.4) is 0 Å². The fraction of sp³-hybridized carbons (Fsp3) is 0.800. The Morgan fingerprint density at radius 3 is 2.78 bits per heavy atom. The lowest BCUT2D eigenvalue weighted by Crippen LogP contribution is -2.43. The van der Waals surface area contributed by atoms with E-state index in [1.54, 1.807) is 6.34 Å². The van der Waals surface area contributed by atoms with Gasteiger partial charge in [-0.15, -0.1) is 12.4 Å². The lowest BCUT2D eigenvalue weighted by atomic mass is 10.1. The Balaban J connectivity index is 0.000000640. The van der Waals surface area contributed by atoms with E-state index in [0.717, 1.165) is 0 Å². The Labute approximate surface area is 60.6 Å². The Bertz CT molecular complexity index is 108. The highest BCUT2D eigenvalue weighted by Crippen LogP contribution is 2.04. The summed E-state index contributed by atoms with van der Waals surface area (Å²) >= 11 is 0. The van der Waals surface area contributed by atoms with Crippen molar-refractivity contribution in [3.63, 3.8) is 0 Å². The molecule has 0 aromatic heterocycles. The van der Waals surface area contributed by atoms with E-state index in [4.69, 9.17) is 5.11 Å². The van der Waals surface area contributed by atoms with Crippen molar-refractivity contribution in [2.45, 2.75) is 12.5 Å². The van der Waals surface area contributed by atoms with Gasteiger partial charge in [-0.05, 0) is 6.92 Å². The first kappa shape index (κ1) is 8.72. The molecule has 1 heterocycles. The van der Waals surface area contributed by atoms with Gasteiger partial charge < -0.3 is 10.4 Å². The average Bonchev–Trinajstić information content (AvgIpc) is 2.17. The molecule has 0 aromatic rings. The maximum absolute atomic E-state index is 8.68. The molecule has 9 heavy (non-hydrogen) atoms. The van der Waals surface area contributed by atoms with Crippen LogP contribution in [0.5, 0.6) is 0 Å². The summed E-state index contributed by atoms with van der Waals surface area (Å²) < 4.78 is 0. The van der Waals surface area contributed by atoms with Crippen LogP contribution in [0.2, 0.25) is 0 Å². The Kier molecular flexibility index (Phi) is 2.94. The van der Waals surface area contributed by atoms with Crippen molar-refractivity contribution in [2.75, 3.05) is 13.2 Å². The Morgan fingerprint density at radius 1 is 1.89 bits per heavy atom. The minimum atomic E-state index is -0.181. The molecule has 0 aliphatic carbocycles. The third-order valence-electron chi connectivity index (χ3n) is 1.29. The van der Waals surface area contributed by atoms with Crippen LogP contribution in [0, 0.1) is 0 Å². The summed E-state index contributed by atoms with van der Waals surface area (Å²) in [6.45, 7) is 2.76. The van der Waals surface area contributed by atoms with Crippen LogP contribution in [-0.4, -0.2) is 30.1 Å². The predicted molar refractivity (Wildman–Crippen MR) is 39.2 cm³/mol. The zero-order valence-corrected chi connectivity index (χ0v) is 6.11. The van der Waals surface area contributed by atoms with Gasteiger partial charge in [0.2, 0.25) is 0 Å². The number of aliphatic imine (C=N–C) groups is 1. The van der Waals surface area contributed by atoms with Crippen molar-refractivity contribution in [2.24, 2.45) is 4.99 Å². The number of nitrogens with one attached hydrogen (secondary N) is 1. The minimum absolute atomic E-state index is 0. The standard InChI is InChI=1S/C5H10N2O.ClH/c1-5(3-8)2-6-4-7-5;/h4,8H,2-3H2,1H3,(H,6,7);1H. The van der Waals surface area contributed by atoms with Gasteiger partial charge in [0.1, 0.15) is 0 Å². The molecule has 0 saturated carbocycles. The topological polar surface area (TPSA) is 44.6 Å². The van der Waals surface area contributed by atoms with Crippen LogP contribution in [-0.2, 0) is 0 Å². The summed E-state index contributed by atoms with van der Waals surface area (Å²) in [7, 11) is 0. The molecule has 1 atom stereocenters. The van der Waals surface area contributed by atoms with Crippen LogP contribution in [0.15, 0.2) is 4.99 Å². The smallest absolute Gasteiger partial charge is 0.0830 e. The number of hydrogen-bond acceptors (Lipinski definition) is 3. The molecule has 1 aliphatic rings. The van der Waals surface area contributed by atoms with E-state index >= 15 is 0 Å². The van der Waals surface area contributed by atoms with E-state index in [9.17, 15) is 0 Å². The van der Waals surface area contributed by atoms with Gasteiger partial charge in [0.25, 0.3) is 0 Å². The third-order valence-corrected chi connectivity index (χ3v) is 1.29. The summed E-state index contributed by atoms with van der Waals surface area (Å²) in [4.78, 5) is 3.91. The van der Waals surface area contributed by atoms with Crippen LogP contribution in [0.4, 0.5) is 0 Å². The maximum atomic E-state index is 8.68. The van der Waals surface area contributed by atoms with E-state index in [1.165, 1.54) is 0 Å². The van der Waals surface area contributed by atoms with Gasteiger partial charge in [0.05, 0.1) is 25.0 Å². The number of aliphatic hydroxyl groups is 1. The highest BCUT2D eigenvalue weighted by atomic mass is 35.5. The van der Waals surface area contributed by atoms with Gasteiger partial charge in [-0.2, -0.15) is 0 Å². The van der Waals surface area contributed by atoms with Crippen LogP contribution >= 0.6 is 12.4 Å². The van der Waals surface area contributed by atoms with E-state index < -0.39 is 0 Å². The average molecular weight is 151 g/mol. The van der Waals surface area contributed by atoms with E-state index in [2.05, 4.69) is 10.3 Å². The molecule has 0 amide bonds. The fourth-order valence-electron chi connectivity index (χ4n) is 0.590. The van der Waals surface area contributed by atoms with Crippen molar-refractivity contribution in [3.8, 4) is 0 Å². The molecule has 0 radical (unpaired) electrons. The zero-order chi connectivity index (χ0) is 6.04. The number of halogens is 1. The maximum Gasteiger partial charge on any atom is 0.0830 e. The quantitative estimate of drug-likeness (QED) is 0.544. The molecule has 2 N–H and O–H groups in total. The van der Waals surface area contributed by atoms with Gasteiger partial charge in [0, 0.05) is 0 Å². The van der Waals surface area contributed by atoms with E-state index in [0.29, 0.717) is 6.54 Å². The molecular formula is C5H11ClN2O. The van der Waals surface area contributed by atoms with Crippen molar-refractivity contribution in [1.29, 1.82) is 0 Å². The van der Waals surface area contributed by atoms with Crippen LogP contribution in [0.25, 0.3) is 0 Å². The number of rotatable bonds is 1. The van der Waals surface area contributed by atoms with Crippen molar-refractivity contribution in [1.82, 2.24) is 5.32 Å². The number of hydrogen-bond donors (Lipinski definition) is 2. The molecule has 1 rings (SSSR count). The zero-order valence-electron chi connectivity index (χ0n) is 5.29. The molecule has 0 spiro atoms. The van der Waals surface area contributed by atoms with E-state index in [1.807, 2.05) is 6.92 Å². The number of nitrogens with zero attached hydrogens (tertiary/aromatic N) is 1. The SMILES string of the molecule is CC1(CO)CN=CN1.Cl. The monoisotopic (exact) mass is 150 g/mol. The highest BCUT2D eigenvalue weighted by molar-refractivity contribution is 5.85. The second-order valence-corrected chi connectivity index (χ2v) is 2.33. The summed E-state index contributed by atoms with van der Waals surface area (Å²) in [5.41, 5.74) is -0.181. The summed E-state index contributed by atoms with van der Waals surface area (Å²) in [5.74, 6) is 0. The molecule has 0 aromatic carbocycles. The molecule has 0 saturated heterocycles. The predicted octanol–water partition coefficient (Wildman–Crippen LogP) is -0.209. The molecule has 1 aliphatic heterocycles. The summed E-state index contributed by atoms with van der Waals surface area (Å²) in [6, 6.07) is 0. The summed E-state index contributed by atoms with van der Waals surface area (Å²) in [5, 5.41) is 11.6. The first-order chi connectivity index (χ1) is 3.77. The molecule has 54 valence electrons. The van der Waals surface area contributed by atoms with Crippen molar-refractivity contribution >= 4 is 18.7 Å². The molecule has 1 unspecified atom stereocenters. The van der Waals surface area contributed by atoms with Gasteiger partial charge in [-0.1, -0.05) is 0 Å². The van der Waals surface area contributed by atoms with Gasteiger partial charge in [0.15, 0.2) is 0 Å². The lowest BCUT2D eigenvalue weighted by molar-refractivity contribution is 0.206. The first-order valence-corrected chi connectivity index (χ1v) is 2.64. The second-order valence-electron chi connectivity index (χ2n) is 2.33. The van der Waals surface area contributed by atoms with Gasteiger partial charge in [-0.3, -0.25) is 4.99 Å². The Morgan fingerprint density at radius 2 is 2.56 bits per heavy atom. The highest BCUT2D eigenvalue weighted by Gasteiger charge is 2.23. The molecular weight excluding hydrogens is 140 g/mol. The minimum Gasteiger partial charge on any atom is -0.394 e. The molecule has 4 heteroatoms. The fourth-order valence-corrected chi connectivity index (χ4v) is 0.590. The van der Waals surface area contributed by atoms with Crippen LogP contribution in [0.1, 0.15) is 6.92 Å². The molecule has 0 bridgehead atoms.